The Kier molecular flexibility index (Phi) is 12.3. The average Bonchev–Trinajstić information content (AvgIpc) is 2.80. The monoisotopic (exact) mass is 478 g/mol. The number of hydrogen-bond acceptors (Lipinski definition) is 10. The first kappa shape index (κ1) is 28.5. The van der Waals surface area contributed by atoms with Crippen LogP contribution in [0.4, 0.5) is 0 Å². The zero-order valence-electron chi connectivity index (χ0n) is 19.3. The first-order valence-corrected chi connectivity index (χ1v) is 10.5. The summed E-state index contributed by atoms with van der Waals surface area (Å²) in [7, 11) is 0. The number of aliphatic hydroxyl groups excluding tert-OH is 2. The summed E-state index contributed by atoms with van der Waals surface area (Å²) in [5, 5.41) is 19.8. The first-order chi connectivity index (χ1) is 16.0. The molecule has 0 saturated carbocycles. The van der Waals surface area contributed by atoms with Crippen molar-refractivity contribution in [1.29, 1.82) is 0 Å². The lowest BCUT2D eigenvalue weighted by Crippen LogP contribution is -2.24. The van der Waals surface area contributed by atoms with Crippen LogP contribution in [-0.4, -0.2) is 72.7 Å². The standard InChI is InChI=1S/C24H30O10/c1-15(2)21(27)31-11-9-17(25)13-33-23(29)19-7-5-6-8-20(19)24(30)34-14-18(26)10-12-32-22(28)16(3)4/h5-8,17-18,25-26H,1,3,9-14H2,2,4H3. The van der Waals surface area contributed by atoms with Crippen molar-refractivity contribution in [2.45, 2.75) is 38.9 Å². The molecular formula is C24H30O10. The molecule has 1 aromatic carbocycles. The smallest absolute Gasteiger partial charge is 0.339 e. The quantitative estimate of drug-likeness (QED) is 0.230. The van der Waals surface area contributed by atoms with E-state index in [1.807, 2.05) is 0 Å². The molecule has 2 N–H and O–H groups in total. The highest BCUT2D eigenvalue weighted by atomic mass is 16.6. The fourth-order valence-corrected chi connectivity index (χ4v) is 2.33. The molecule has 0 bridgehead atoms. The van der Waals surface area contributed by atoms with Crippen molar-refractivity contribution in [3.05, 3.63) is 59.7 Å². The summed E-state index contributed by atoms with van der Waals surface area (Å²) >= 11 is 0. The maximum atomic E-state index is 12.4. The van der Waals surface area contributed by atoms with Crippen LogP contribution in [0.1, 0.15) is 47.4 Å². The normalized spacial score (nSPS) is 12.1. The molecule has 0 saturated heterocycles. The Bertz CT molecular complexity index is 832. The lowest BCUT2D eigenvalue weighted by Gasteiger charge is -2.14. The van der Waals surface area contributed by atoms with Crippen molar-refractivity contribution < 1.29 is 48.3 Å². The molecule has 1 aromatic rings. The molecule has 0 aromatic heterocycles. The molecule has 0 radical (unpaired) electrons. The number of aliphatic hydroxyl groups is 2. The second kappa shape index (κ2) is 14.6. The predicted molar refractivity (Wildman–Crippen MR) is 120 cm³/mol. The Morgan fingerprint density at radius 2 is 1.09 bits per heavy atom. The topological polar surface area (TPSA) is 146 Å². The van der Waals surface area contributed by atoms with E-state index in [2.05, 4.69) is 13.2 Å². The highest BCUT2D eigenvalue weighted by Crippen LogP contribution is 2.13. The van der Waals surface area contributed by atoms with Crippen LogP contribution in [-0.2, 0) is 28.5 Å². The second-order valence-corrected chi connectivity index (χ2v) is 7.46. The lowest BCUT2D eigenvalue weighted by atomic mass is 10.1. The van der Waals surface area contributed by atoms with E-state index in [1.165, 1.54) is 38.1 Å². The first-order valence-electron chi connectivity index (χ1n) is 10.5. The molecule has 2 atom stereocenters. The molecule has 0 fully saturated rings. The van der Waals surface area contributed by atoms with Crippen LogP contribution in [0.3, 0.4) is 0 Å². The minimum Gasteiger partial charge on any atom is -0.462 e. The van der Waals surface area contributed by atoms with Gasteiger partial charge in [0.15, 0.2) is 0 Å². The van der Waals surface area contributed by atoms with Crippen molar-refractivity contribution in [1.82, 2.24) is 0 Å². The van der Waals surface area contributed by atoms with Gasteiger partial charge in [-0.15, -0.1) is 0 Å². The number of hydrogen-bond donors (Lipinski definition) is 2. The van der Waals surface area contributed by atoms with Crippen LogP contribution < -0.4 is 0 Å². The summed E-state index contributed by atoms with van der Waals surface area (Å²) in [4.78, 5) is 47.4. The third-order valence-corrected chi connectivity index (χ3v) is 4.25. The Morgan fingerprint density at radius 1 is 0.735 bits per heavy atom. The molecule has 0 aliphatic carbocycles. The number of benzene rings is 1. The molecule has 0 aliphatic rings. The van der Waals surface area contributed by atoms with Crippen molar-refractivity contribution in [2.24, 2.45) is 0 Å². The van der Waals surface area contributed by atoms with Gasteiger partial charge in [-0.05, 0) is 26.0 Å². The largest absolute Gasteiger partial charge is 0.462 e. The van der Waals surface area contributed by atoms with Crippen LogP contribution in [0.25, 0.3) is 0 Å². The van der Waals surface area contributed by atoms with E-state index in [0.29, 0.717) is 0 Å². The van der Waals surface area contributed by atoms with E-state index in [1.54, 1.807) is 0 Å². The summed E-state index contributed by atoms with van der Waals surface area (Å²) < 4.78 is 19.8. The van der Waals surface area contributed by atoms with E-state index in [0.717, 1.165) is 0 Å². The maximum Gasteiger partial charge on any atom is 0.339 e. The van der Waals surface area contributed by atoms with Gasteiger partial charge in [-0.25, -0.2) is 19.2 Å². The van der Waals surface area contributed by atoms with Gasteiger partial charge in [0.2, 0.25) is 0 Å². The van der Waals surface area contributed by atoms with Crippen LogP contribution >= 0.6 is 0 Å². The molecule has 0 aliphatic heterocycles. The van der Waals surface area contributed by atoms with Gasteiger partial charge in [-0.2, -0.15) is 0 Å². The van der Waals surface area contributed by atoms with Gasteiger partial charge < -0.3 is 29.2 Å². The average molecular weight is 478 g/mol. The summed E-state index contributed by atoms with van der Waals surface area (Å²) in [6, 6.07) is 5.75. The van der Waals surface area contributed by atoms with E-state index >= 15 is 0 Å². The zero-order chi connectivity index (χ0) is 25.7. The van der Waals surface area contributed by atoms with Crippen molar-refractivity contribution >= 4 is 23.9 Å². The van der Waals surface area contributed by atoms with E-state index in [9.17, 15) is 29.4 Å². The fourth-order valence-electron chi connectivity index (χ4n) is 2.33. The summed E-state index contributed by atoms with van der Waals surface area (Å²) in [5.41, 5.74) is 0.280. The molecule has 1 rings (SSSR count). The van der Waals surface area contributed by atoms with Crippen molar-refractivity contribution in [3.8, 4) is 0 Å². The maximum absolute atomic E-state index is 12.4. The number of carbonyl (C=O) groups excluding carboxylic acids is 4. The van der Waals surface area contributed by atoms with Crippen LogP contribution in [0.5, 0.6) is 0 Å². The summed E-state index contributed by atoms with van der Waals surface area (Å²) in [6.07, 6.45) is -2.10. The molecule has 2 unspecified atom stereocenters. The van der Waals surface area contributed by atoms with Gasteiger partial charge in [0.25, 0.3) is 0 Å². The molecule has 0 spiro atoms. The molecule has 10 nitrogen and oxygen atoms in total. The van der Waals surface area contributed by atoms with Crippen molar-refractivity contribution in [2.75, 3.05) is 26.4 Å². The molecular weight excluding hydrogens is 448 g/mol. The molecule has 10 heteroatoms. The summed E-state index contributed by atoms with van der Waals surface area (Å²) in [5.74, 6) is -2.90. The van der Waals surface area contributed by atoms with Gasteiger partial charge >= 0.3 is 23.9 Å². The fraction of sp³-hybridized carbons (Fsp3) is 0.417. The van der Waals surface area contributed by atoms with Crippen LogP contribution in [0, 0.1) is 0 Å². The Balaban J connectivity index is 2.52. The Hall–Kier alpha value is -3.50. The zero-order valence-corrected chi connectivity index (χ0v) is 19.3. The van der Waals surface area contributed by atoms with E-state index < -0.39 is 36.1 Å². The van der Waals surface area contributed by atoms with Crippen LogP contribution in [0.15, 0.2) is 48.6 Å². The SMILES string of the molecule is C=C(C)C(=O)OCCC(O)COC(=O)c1ccccc1C(=O)OCC(O)CCOC(=O)C(=C)C. The van der Waals surface area contributed by atoms with Crippen molar-refractivity contribution in [3.63, 3.8) is 0 Å². The number of ether oxygens (including phenoxy) is 4. The highest BCUT2D eigenvalue weighted by molar-refractivity contribution is 6.03. The highest BCUT2D eigenvalue weighted by Gasteiger charge is 2.21. The minimum absolute atomic E-state index is 0.0373. The molecule has 0 amide bonds. The third kappa shape index (κ3) is 10.4. The van der Waals surface area contributed by atoms with Crippen LogP contribution in [0.2, 0.25) is 0 Å². The molecule has 0 heterocycles. The second-order valence-electron chi connectivity index (χ2n) is 7.46. The number of carbonyl (C=O) groups is 4. The molecule has 186 valence electrons. The van der Waals surface area contributed by atoms with Gasteiger partial charge in [-0.1, -0.05) is 25.3 Å². The Labute approximate surface area is 197 Å². The summed E-state index contributed by atoms with van der Waals surface area (Å²) in [6.45, 7) is 8.93. The lowest BCUT2D eigenvalue weighted by molar-refractivity contribution is -0.140. The van der Waals surface area contributed by atoms with E-state index in [-0.39, 0.29) is 61.5 Å². The van der Waals surface area contributed by atoms with Gasteiger partial charge in [0.1, 0.15) is 13.2 Å². The number of rotatable bonds is 14. The van der Waals surface area contributed by atoms with Gasteiger partial charge in [0.05, 0.1) is 36.5 Å². The third-order valence-electron chi connectivity index (χ3n) is 4.25. The number of esters is 4. The molecule has 34 heavy (non-hydrogen) atoms. The minimum atomic E-state index is -1.09. The predicted octanol–water partition coefficient (Wildman–Crippen LogP) is 1.74. The van der Waals surface area contributed by atoms with Gasteiger partial charge in [-0.3, -0.25) is 0 Å². The van der Waals surface area contributed by atoms with E-state index in [4.69, 9.17) is 18.9 Å². The Morgan fingerprint density at radius 3 is 1.41 bits per heavy atom. The van der Waals surface area contributed by atoms with Gasteiger partial charge in [0, 0.05) is 24.0 Å².